The van der Waals surface area contributed by atoms with E-state index in [1.165, 1.54) is 6.07 Å². The predicted molar refractivity (Wildman–Crippen MR) is 70.8 cm³/mol. The van der Waals surface area contributed by atoms with Crippen LogP contribution >= 0.6 is 15.9 Å². The second-order valence-corrected chi connectivity index (χ2v) is 5.39. The number of ether oxygens (including phenoxy) is 1. The van der Waals surface area contributed by atoms with Gasteiger partial charge >= 0.3 is 0 Å². The lowest BCUT2D eigenvalue weighted by Crippen LogP contribution is -2.29. The van der Waals surface area contributed by atoms with Crippen LogP contribution in [0.1, 0.15) is 25.7 Å². The minimum absolute atomic E-state index is 0.201. The highest BCUT2D eigenvalue weighted by atomic mass is 79.9. The van der Waals surface area contributed by atoms with Gasteiger partial charge in [0.05, 0.1) is 11.8 Å². The maximum Gasteiger partial charge on any atom is 0.147 e. The van der Waals surface area contributed by atoms with Crippen molar-refractivity contribution in [1.29, 1.82) is 0 Å². The van der Waals surface area contributed by atoms with Crippen molar-refractivity contribution in [2.75, 3.05) is 12.4 Å². The molecule has 0 amide bonds. The molecule has 94 valence electrons. The molecule has 17 heavy (non-hydrogen) atoms. The molecule has 1 saturated carbocycles. The Balaban J connectivity index is 1.93. The fraction of sp³-hybridized carbons (Fsp3) is 0.538. The summed E-state index contributed by atoms with van der Waals surface area (Å²) in [6.45, 7) is 0. The number of rotatable bonds is 3. The molecule has 0 atom stereocenters. The van der Waals surface area contributed by atoms with Crippen molar-refractivity contribution in [1.82, 2.24) is 0 Å². The first-order chi connectivity index (χ1) is 8.19. The molecule has 0 aromatic heterocycles. The number of nitrogens with one attached hydrogen (secondary N) is 1. The zero-order valence-electron chi connectivity index (χ0n) is 9.88. The van der Waals surface area contributed by atoms with Gasteiger partial charge in [0.15, 0.2) is 0 Å². The Bertz CT molecular complexity index is 378. The number of anilines is 1. The maximum atomic E-state index is 13.6. The molecule has 0 heterocycles. The first kappa shape index (κ1) is 12.8. The lowest BCUT2D eigenvalue weighted by Gasteiger charge is -2.29. The van der Waals surface area contributed by atoms with Gasteiger partial charge in [0.1, 0.15) is 5.82 Å². The van der Waals surface area contributed by atoms with E-state index in [0.29, 0.717) is 17.8 Å². The zero-order chi connectivity index (χ0) is 12.3. The Morgan fingerprint density at radius 3 is 2.59 bits per heavy atom. The van der Waals surface area contributed by atoms with E-state index in [0.717, 1.165) is 30.2 Å². The van der Waals surface area contributed by atoms with Gasteiger partial charge in [0, 0.05) is 17.6 Å². The van der Waals surface area contributed by atoms with Crippen LogP contribution < -0.4 is 5.32 Å². The molecule has 0 unspecified atom stereocenters. The van der Waals surface area contributed by atoms with Crippen LogP contribution in [0.5, 0.6) is 0 Å². The van der Waals surface area contributed by atoms with Gasteiger partial charge in [0.25, 0.3) is 0 Å². The molecule has 2 nitrogen and oxygen atoms in total. The van der Waals surface area contributed by atoms with Crippen LogP contribution in [0.4, 0.5) is 10.1 Å². The van der Waals surface area contributed by atoms with E-state index in [1.807, 2.05) is 6.07 Å². The lowest BCUT2D eigenvalue weighted by molar-refractivity contribution is 0.0681. The Hall–Kier alpha value is -0.610. The molecule has 1 fully saturated rings. The van der Waals surface area contributed by atoms with Crippen LogP contribution in [0.3, 0.4) is 0 Å². The third-order valence-corrected chi connectivity index (χ3v) is 3.79. The molecule has 4 heteroatoms. The number of halogens is 2. The molecule has 1 N–H and O–H groups in total. The van der Waals surface area contributed by atoms with Crippen LogP contribution in [-0.2, 0) is 4.74 Å². The molecular formula is C13H17BrFNO. The van der Waals surface area contributed by atoms with Crippen molar-refractivity contribution >= 4 is 21.6 Å². The molecule has 1 aromatic carbocycles. The van der Waals surface area contributed by atoms with Crippen LogP contribution in [0.2, 0.25) is 0 Å². The molecule has 1 aliphatic carbocycles. The molecule has 1 aromatic rings. The van der Waals surface area contributed by atoms with Crippen LogP contribution in [0, 0.1) is 5.82 Å². The number of methoxy groups -OCH3 is 1. The summed E-state index contributed by atoms with van der Waals surface area (Å²) < 4.78 is 19.7. The number of hydrogen-bond donors (Lipinski definition) is 1. The van der Waals surface area contributed by atoms with Crippen molar-refractivity contribution < 1.29 is 9.13 Å². The first-order valence-corrected chi connectivity index (χ1v) is 6.72. The SMILES string of the molecule is COC1CCC(Nc2ccc(Br)cc2F)CC1. The van der Waals surface area contributed by atoms with Gasteiger partial charge in [-0.25, -0.2) is 4.39 Å². The van der Waals surface area contributed by atoms with Crippen LogP contribution in [0.15, 0.2) is 22.7 Å². The fourth-order valence-electron chi connectivity index (χ4n) is 2.27. The number of hydrogen-bond acceptors (Lipinski definition) is 2. The van der Waals surface area contributed by atoms with Crippen molar-refractivity contribution in [2.45, 2.75) is 37.8 Å². The average Bonchev–Trinajstić information content (AvgIpc) is 2.34. The maximum absolute atomic E-state index is 13.6. The largest absolute Gasteiger partial charge is 0.381 e. The number of benzene rings is 1. The summed E-state index contributed by atoms with van der Waals surface area (Å²) in [4.78, 5) is 0. The molecule has 0 spiro atoms. The van der Waals surface area contributed by atoms with Gasteiger partial charge in [-0.2, -0.15) is 0 Å². The third kappa shape index (κ3) is 3.42. The summed E-state index contributed by atoms with van der Waals surface area (Å²) >= 11 is 3.25. The van der Waals surface area contributed by atoms with Crippen molar-refractivity contribution in [2.24, 2.45) is 0 Å². The Morgan fingerprint density at radius 2 is 2.00 bits per heavy atom. The molecule has 0 aliphatic heterocycles. The highest BCUT2D eigenvalue weighted by Crippen LogP contribution is 2.26. The minimum Gasteiger partial charge on any atom is -0.381 e. The highest BCUT2D eigenvalue weighted by molar-refractivity contribution is 9.10. The van der Waals surface area contributed by atoms with E-state index in [-0.39, 0.29) is 5.82 Å². The highest BCUT2D eigenvalue weighted by Gasteiger charge is 2.21. The van der Waals surface area contributed by atoms with Crippen molar-refractivity contribution in [3.05, 3.63) is 28.5 Å². The van der Waals surface area contributed by atoms with Gasteiger partial charge in [-0.05, 0) is 43.9 Å². The fourth-order valence-corrected chi connectivity index (χ4v) is 2.60. The average molecular weight is 302 g/mol. The molecule has 2 rings (SSSR count). The topological polar surface area (TPSA) is 21.3 Å². The summed E-state index contributed by atoms with van der Waals surface area (Å²) in [5, 5.41) is 3.27. The Labute approximate surface area is 110 Å². The van der Waals surface area contributed by atoms with Gasteiger partial charge in [-0.1, -0.05) is 15.9 Å². The standard InChI is InChI=1S/C13H17BrFNO/c1-17-11-5-3-10(4-6-11)16-13-7-2-9(14)8-12(13)15/h2,7-8,10-11,16H,3-6H2,1H3. The third-order valence-electron chi connectivity index (χ3n) is 3.30. The van der Waals surface area contributed by atoms with Crippen molar-refractivity contribution in [3.63, 3.8) is 0 Å². The van der Waals surface area contributed by atoms with Gasteiger partial charge in [0.2, 0.25) is 0 Å². The van der Waals surface area contributed by atoms with Gasteiger partial charge in [-0.15, -0.1) is 0 Å². The van der Waals surface area contributed by atoms with Crippen LogP contribution in [-0.4, -0.2) is 19.3 Å². The van der Waals surface area contributed by atoms with Gasteiger partial charge in [-0.3, -0.25) is 0 Å². The molecule has 0 saturated heterocycles. The second-order valence-electron chi connectivity index (χ2n) is 4.48. The zero-order valence-corrected chi connectivity index (χ0v) is 11.5. The van der Waals surface area contributed by atoms with Gasteiger partial charge < -0.3 is 10.1 Å². The van der Waals surface area contributed by atoms with E-state index < -0.39 is 0 Å². The minimum atomic E-state index is -0.201. The quantitative estimate of drug-likeness (QED) is 0.912. The summed E-state index contributed by atoms with van der Waals surface area (Å²) in [5.41, 5.74) is 0.592. The lowest BCUT2D eigenvalue weighted by atomic mass is 9.93. The van der Waals surface area contributed by atoms with Crippen LogP contribution in [0.25, 0.3) is 0 Å². The molecule has 1 aliphatic rings. The van der Waals surface area contributed by atoms with E-state index in [4.69, 9.17) is 4.74 Å². The van der Waals surface area contributed by atoms with E-state index >= 15 is 0 Å². The van der Waals surface area contributed by atoms with Crippen molar-refractivity contribution in [3.8, 4) is 0 Å². The van der Waals surface area contributed by atoms with E-state index in [1.54, 1.807) is 13.2 Å². The summed E-state index contributed by atoms with van der Waals surface area (Å²) in [6, 6.07) is 5.48. The predicted octanol–water partition coefficient (Wildman–Crippen LogP) is 3.96. The summed E-state index contributed by atoms with van der Waals surface area (Å²) in [5.74, 6) is -0.201. The second kappa shape index (κ2) is 5.83. The molecule has 0 bridgehead atoms. The summed E-state index contributed by atoms with van der Waals surface area (Å²) in [7, 11) is 1.76. The molecular weight excluding hydrogens is 285 g/mol. The normalized spacial score (nSPS) is 24.6. The smallest absolute Gasteiger partial charge is 0.147 e. The van der Waals surface area contributed by atoms with E-state index in [9.17, 15) is 4.39 Å². The monoisotopic (exact) mass is 301 g/mol. The van der Waals surface area contributed by atoms with E-state index in [2.05, 4.69) is 21.2 Å². The Kier molecular flexibility index (Phi) is 4.40. The first-order valence-electron chi connectivity index (χ1n) is 5.93. The molecule has 0 radical (unpaired) electrons. The Morgan fingerprint density at radius 1 is 1.29 bits per heavy atom. The summed E-state index contributed by atoms with van der Waals surface area (Å²) in [6.07, 6.45) is 4.54.